The fourth-order valence-electron chi connectivity index (χ4n) is 1.28. The van der Waals surface area contributed by atoms with E-state index in [2.05, 4.69) is 0 Å². The molecule has 1 N–H and O–H groups in total. The first-order valence-electron chi connectivity index (χ1n) is 5.59. The number of carboxylic acid groups (broad SMARTS) is 1. The summed E-state index contributed by atoms with van der Waals surface area (Å²) in [5, 5.41) is 28.6. The lowest BCUT2D eigenvalue weighted by atomic mass is 10.2. The zero-order chi connectivity index (χ0) is 15.8. The second-order valence-corrected chi connectivity index (χ2v) is 3.70. The highest BCUT2D eigenvalue weighted by molar-refractivity contribution is 5.87. The van der Waals surface area contributed by atoms with Crippen molar-refractivity contribution in [1.29, 1.82) is 0 Å². The molecule has 2 aromatic carbocycles. The lowest BCUT2D eigenvalue weighted by Crippen LogP contribution is -1.93. The summed E-state index contributed by atoms with van der Waals surface area (Å²) in [5.74, 6) is -0.879. The third kappa shape index (κ3) is 5.07. The molecule has 0 aliphatic rings. The molecule has 0 spiro atoms. The Morgan fingerprint density at radius 1 is 0.810 bits per heavy atom. The molecule has 0 amide bonds. The van der Waals surface area contributed by atoms with Crippen LogP contribution >= 0.6 is 0 Å². The second kappa shape index (κ2) is 7.34. The second-order valence-electron chi connectivity index (χ2n) is 3.70. The molecule has 8 nitrogen and oxygen atoms in total. The van der Waals surface area contributed by atoms with Crippen LogP contribution in [0.1, 0.15) is 10.4 Å². The van der Waals surface area contributed by atoms with Crippen molar-refractivity contribution < 1.29 is 19.7 Å². The summed E-state index contributed by atoms with van der Waals surface area (Å²) in [5.41, 5.74) is 0.0266. The predicted molar refractivity (Wildman–Crippen MR) is 73.2 cm³/mol. The van der Waals surface area contributed by atoms with Crippen LogP contribution in [0.25, 0.3) is 0 Å². The van der Waals surface area contributed by atoms with E-state index in [-0.39, 0.29) is 11.4 Å². The van der Waals surface area contributed by atoms with E-state index in [1.165, 1.54) is 0 Å². The average molecular weight is 290 g/mol. The molecule has 0 saturated carbocycles. The molecule has 0 atom stereocenters. The van der Waals surface area contributed by atoms with Crippen molar-refractivity contribution in [3.8, 4) is 0 Å². The molecule has 0 bridgehead atoms. The van der Waals surface area contributed by atoms with Crippen LogP contribution in [0.5, 0.6) is 0 Å². The van der Waals surface area contributed by atoms with Gasteiger partial charge in [0.05, 0.1) is 15.4 Å². The molecular weight excluding hydrogens is 280 g/mol. The number of carboxylic acids is 1. The van der Waals surface area contributed by atoms with Crippen molar-refractivity contribution in [2.75, 3.05) is 0 Å². The van der Waals surface area contributed by atoms with Gasteiger partial charge in [0.25, 0.3) is 11.4 Å². The number of nitro benzene ring substituents is 2. The van der Waals surface area contributed by atoms with Crippen LogP contribution in [0.4, 0.5) is 11.4 Å². The molecule has 108 valence electrons. The lowest BCUT2D eigenvalue weighted by molar-refractivity contribution is -0.389. The minimum Gasteiger partial charge on any atom is -0.478 e. The summed E-state index contributed by atoms with van der Waals surface area (Å²) in [6.07, 6.45) is 0. The van der Waals surface area contributed by atoms with E-state index in [0.29, 0.717) is 5.56 Å². The zero-order valence-electron chi connectivity index (χ0n) is 10.6. The fourth-order valence-corrected chi connectivity index (χ4v) is 1.28. The Bertz CT molecular complexity index is 606. The monoisotopic (exact) mass is 290 g/mol. The van der Waals surface area contributed by atoms with Gasteiger partial charge >= 0.3 is 5.97 Å². The van der Waals surface area contributed by atoms with Crippen molar-refractivity contribution >= 4 is 17.3 Å². The molecule has 0 radical (unpaired) electrons. The first kappa shape index (κ1) is 15.8. The summed E-state index contributed by atoms with van der Waals surface area (Å²) in [4.78, 5) is 29.2. The third-order valence-corrected chi connectivity index (χ3v) is 2.29. The molecule has 0 aliphatic heterocycles. The molecule has 0 heterocycles. The molecule has 0 aliphatic carbocycles. The summed E-state index contributed by atoms with van der Waals surface area (Å²) in [6, 6.07) is 12.7. The van der Waals surface area contributed by atoms with Gasteiger partial charge in [0, 0.05) is 24.3 Å². The Kier molecular flexibility index (Phi) is 5.51. The van der Waals surface area contributed by atoms with Gasteiger partial charge in [0.1, 0.15) is 0 Å². The van der Waals surface area contributed by atoms with Gasteiger partial charge in [-0.15, -0.1) is 0 Å². The Balaban J connectivity index is 0.000000219. The quantitative estimate of drug-likeness (QED) is 0.684. The molecule has 0 saturated heterocycles. The Morgan fingerprint density at radius 2 is 1.19 bits per heavy atom. The highest BCUT2D eigenvalue weighted by Gasteiger charge is 2.08. The van der Waals surface area contributed by atoms with Gasteiger partial charge in [-0.25, -0.2) is 4.79 Å². The summed E-state index contributed by atoms with van der Waals surface area (Å²) in [7, 11) is 0. The first-order chi connectivity index (χ1) is 9.91. The average Bonchev–Trinajstić information content (AvgIpc) is 2.49. The SMILES string of the molecule is O=C(O)c1ccccc1.O=[N+]([O-])c1ccc([N+](=O)[O-])cc1. The van der Waals surface area contributed by atoms with Crippen LogP contribution in [0.2, 0.25) is 0 Å². The number of aromatic carboxylic acids is 1. The smallest absolute Gasteiger partial charge is 0.335 e. The van der Waals surface area contributed by atoms with E-state index in [9.17, 15) is 25.0 Å². The largest absolute Gasteiger partial charge is 0.478 e. The van der Waals surface area contributed by atoms with Crippen molar-refractivity contribution in [2.24, 2.45) is 0 Å². The maximum Gasteiger partial charge on any atom is 0.335 e. The van der Waals surface area contributed by atoms with Gasteiger partial charge < -0.3 is 5.11 Å². The Labute approximate surface area is 118 Å². The maximum atomic E-state index is 10.2. The van der Waals surface area contributed by atoms with Crippen molar-refractivity contribution in [3.63, 3.8) is 0 Å². The van der Waals surface area contributed by atoms with E-state index in [1.54, 1.807) is 30.3 Å². The summed E-state index contributed by atoms with van der Waals surface area (Å²) < 4.78 is 0. The number of non-ortho nitro benzene ring substituents is 2. The van der Waals surface area contributed by atoms with Crippen LogP contribution in [0.15, 0.2) is 54.6 Å². The number of rotatable bonds is 3. The number of hydrogen-bond acceptors (Lipinski definition) is 5. The number of carbonyl (C=O) groups is 1. The maximum absolute atomic E-state index is 10.2. The zero-order valence-corrected chi connectivity index (χ0v) is 10.6. The van der Waals surface area contributed by atoms with E-state index >= 15 is 0 Å². The molecule has 2 aromatic rings. The van der Waals surface area contributed by atoms with Gasteiger partial charge in [-0.05, 0) is 12.1 Å². The van der Waals surface area contributed by atoms with E-state index in [1.807, 2.05) is 0 Å². The van der Waals surface area contributed by atoms with Gasteiger partial charge in [-0.2, -0.15) is 0 Å². The highest BCUT2D eigenvalue weighted by Crippen LogP contribution is 2.16. The molecule has 0 aromatic heterocycles. The third-order valence-electron chi connectivity index (χ3n) is 2.29. The number of nitro groups is 2. The number of nitrogens with zero attached hydrogens (tertiary/aromatic N) is 2. The van der Waals surface area contributed by atoms with Crippen molar-refractivity contribution in [3.05, 3.63) is 80.4 Å². The summed E-state index contributed by atoms with van der Waals surface area (Å²) in [6.45, 7) is 0. The topological polar surface area (TPSA) is 124 Å². The van der Waals surface area contributed by atoms with Gasteiger partial charge in [0.2, 0.25) is 0 Å². The van der Waals surface area contributed by atoms with Crippen LogP contribution in [-0.4, -0.2) is 20.9 Å². The van der Waals surface area contributed by atoms with Crippen LogP contribution in [0, 0.1) is 20.2 Å². The van der Waals surface area contributed by atoms with Crippen LogP contribution in [-0.2, 0) is 0 Å². The lowest BCUT2D eigenvalue weighted by Gasteiger charge is -1.90. The molecular formula is C13H10N2O6. The van der Waals surface area contributed by atoms with E-state index in [4.69, 9.17) is 5.11 Å². The van der Waals surface area contributed by atoms with Gasteiger partial charge in [0.15, 0.2) is 0 Å². The first-order valence-corrected chi connectivity index (χ1v) is 5.59. The van der Waals surface area contributed by atoms with Gasteiger partial charge in [-0.1, -0.05) is 18.2 Å². The number of benzene rings is 2. The molecule has 21 heavy (non-hydrogen) atoms. The molecule has 2 rings (SSSR count). The van der Waals surface area contributed by atoms with Crippen LogP contribution < -0.4 is 0 Å². The fraction of sp³-hybridized carbons (Fsp3) is 0. The normalized spacial score (nSPS) is 9.14. The van der Waals surface area contributed by atoms with E-state index < -0.39 is 15.8 Å². The molecule has 0 fully saturated rings. The molecule has 8 heteroatoms. The number of hydrogen-bond donors (Lipinski definition) is 1. The van der Waals surface area contributed by atoms with E-state index in [0.717, 1.165) is 24.3 Å². The minimum absolute atomic E-state index is 0.152. The molecule has 0 unspecified atom stereocenters. The Morgan fingerprint density at radius 3 is 1.43 bits per heavy atom. The standard InChI is InChI=1S/C7H6O2.C6H4N2O4/c8-7(9)6-4-2-1-3-5-6;9-7(10)5-1-2-6(4-3-5)8(11)12/h1-5H,(H,8,9);1-4H. The van der Waals surface area contributed by atoms with Crippen LogP contribution in [0.3, 0.4) is 0 Å². The van der Waals surface area contributed by atoms with Gasteiger partial charge in [-0.3, -0.25) is 20.2 Å². The predicted octanol–water partition coefficient (Wildman–Crippen LogP) is 2.89. The minimum atomic E-state index is -0.879. The summed E-state index contributed by atoms with van der Waals surface area (Å²) >= 11 is 0. The van der Waals surface area contributed by atoms with Crippen molar-refractivity contribution in [2.45, 2.75) is 0 Å². The Hall–Kier alpha value is -3.29. The van der Waals surface area contributed by atoms with Crippen molar-refractivity contribution in [1.82, 2.24) is 0 Å². The highest BCUT2D eigenvalue weighted by atomic mass is 16.6.